The summed E-state index contributed by atoms with van der Waals surface area (Å²) in [5, 5.41) is 5.25. The summed E-state index contributed by atoms with van der Waals surface area (Å²) in [6, 6.07) is 9.09. The van der Waals surface area contributed by atoms with Gasteiger partial charge in [0.2, 0.25) is 0 Å². The highest BCUT2D eigenvalue weighted by atomic mass is 19.1. The van der Waals surface area contributed by atoms with E-state index in [2.05, 4.69) is 16.7 Å². The number of halogens is 2. The number of allylic oxidation sites excluding steroid dienone is 1. The van der Waals surface area contributed by atoms with Crippen LogP contribution in [0.4, 0.5) is 14.5 Å². The van der Waals surface area contributed by atoms with Crippen LogP contribution in [0.2, 0.25) is 0 Å². The summed E-state index contributed by atoms with van der Waals surface area (Å²) < 4.78 is 26.7. The maximum absolute atomic E-state index is 13.7. The topological polar surface area (TPSA) is 58.2 Å². The molecule has 1 aliphatic rings. The van der Waals surface area contributed by atoms with E-state index in [-0.39, 0.29) is 17.2 Å². The molecule has 146 valence electrons. The Morgan fingerprint density at radius 1 is 0.964 bits per heavy atom. The highest BCUT2D eigenvalue weighted by Crippen LogP contribution is 2.19. The Bertz CT molecular complexity index is 909. The first-order chi connectivity index (χ1) is 13.5. The molecule has 0 unspecified atom stereocenters. The van der Waals surface area contributed by atoms with Crippen LogP contribution in [0.1, 0.15) is 52.8 Å². The van der Waals surface area contributed by atoms with Crippen LogP contribution in [0.25, 0.3) is 0 Å². The minimum atomic E-state index is -0.862. The Labute approximate surface area is 162 Å². The highest BCUT2D eigenvalue weighted by molar-refractivity contribution is 6.06. The number of rotatable bonds is 6. The molecule has 1 aliphatic carbocycles. The fraction of sp³-hybridized carbons (Fsp3) is 0.273. The molecule has 4 nitrogen and oxygen atoms in total. The van der Waals surface area contributed by atoms with Gasteiger partial charge in [-0.25, -0.2) is 8.78 Å². The zero-order valence-corrected chi connectivity index (χ0v) is 15.4. The second-order valence-corrected chi connectivity index (χ2v) is 6.77. The average Bonchev–Trinajstić information content (AvgIpc) is 2.71. The molecule has 0 saturated heterocycles. The Hall–Kier alpha value is -3.02. The maximum atomic E-state index is 13.7. The summed E-state index contributed by atoms with van der Waals surface area (Å²) in [4.78, 5) is 24.7. The van der Waals surface area contributed by atoms with Crippen molar-refractivity contribution in [1.29, 1.82) is 0 Å². The van der Waals surface area contributed by atoms with Gasteiger partial charge in [0.1, 0.15) is 11.6 Å². The quantitative estimate of drug-likeness (QED) is 0.701. The van der Waals surface area contributed by atoms with Gasteiger partial charge in [0.15, 0.2) is 0 Å². The lowest BCUT2D eigenvalue weighted by Crippen LogP contribution is -2.25. The van der Waals surface area contributed by atoms with E-state index in [4.69, 9.17) is 0 Å². The lowest BCUT2D eigenvalue weighted by molar-refractivity contribution is 0.0954. The van der Waals surface area contributed by atoms with Crippen LogP contribution < -0.4 is 10.6 Å². The van der Waals surface area contributed by atoms with E-state index in [9.17, 15) is 18.4 Å². The van der Waals surface area contributed by atoms with Gasteiger partial charge in [0.05, 0.1) is 5.69 Å². The van der Waals surface area contributed by atoms with E-state index < -0.39 is 17.5 Å². The van der Waals surface area contributed by atoms with Crippen molar-refractivity contribution in [2.75, 3.05) is 11.9 Å². The molecular weight excluding hydrogens is 362 g/mol. The molecule has 0 aliphatic heterocycles. The van der Waals surface area contributed by atoms with Crippen LogP contribution in [0.15, 0.2) is 54.1 Å². The van der Waals surface area contributed by atoms with Crippen molar-refractivity contribution in [1.82, 2.24) is 5.32 Å². The van der Waals surface area contributed by atoms with E-state index >= 15 is 0 Å². The molecule has 6 heteroatoms. The number of carbonyl (C=O) groups is 2. The number of hydrogen-bond donors (Lipinski definition) is 2. The number of amides is 2. The van der Waals surface area contributed by atoms with Crippen LogP contribution in [0.3, 0.4) is 0 Å². The molecule has 0 radical (unpaired) electrons. The molecule has 2 N–H and O–H groups in total. The smallest absolute Gasteiger partial charge is 0.255 e. The van der Waals surface area contributed by atoms with Crippen molar-refractivity contribution in [3.63, 3.8) is 0 Å². The predicted octanol–water partition coefficient (Wildman–Crippen LogP) is 4.84. The number of nitrogens with one attached hydrogen (secondary N) is 2. The van der Waals surface area contributed by atoms with Crippen molar-refractivity contribution in [3.8, 4) is 0 Å². The van der Waals surface area contributed by atoms with Gasteiger partial charge in [-0.15, -0.1) is 0 Å². The molecule has 0 spiro atoms. The van der Waals surface area contributed by atoms with E-state index in [1.54, 1.807) is 12.1 Å². The molecule has 0 aromatic heterocycles. The maximum Gasteiger partial charge on any atom is 0.255 e. The molecule has 0 bridgehead atoms. The van der Waals surface area contributed by atoms with Crippen molar-refractivity contribution >= 4 is 17.5 Å². The van der Waals surface area contributed by atoms with Gasteiger partial charge in [0, 0.05) is 23.7 Å². The van der Waals surface area contributed by atoms with Gasteiger partial charge in [-0.2, -0.15) is 0 Å². The van der Waals surface area contributed by atoms with Crippen LogP contribution in [-0.2, 0) is 0 Å². The normalized spacial score (nSPS) is 13.6. The van der Waals surface area contributed by atoms with E-state index in [0.29, 0.717) is 18.2 Å². The molecule has 28 heavy (non-hydrogen) atoms. The van der Waals surface area contributed by atoms with Gasteiger partial charge in [-0.3, -0.25) is 9.59 Å². The molecule has 0 heterocycles. The molecule has 0 saturated carbocycles. The second kappa shape index (κ2) is 9.26. The van der Waals surface area contributed by atoms with E-state index in [1.165, 1.54) is 30.5 Å². The van der Waals surface area contributed by atoms with Crippen LogP contribution in [0, 0.1) is 11.6 Å². The Balaban J connectivity index is 1.60. The lowest BCUT2D eigenvalue weighted by atomic mass is 9.97. The average molecular weight is 384 g/mol. The molecule has 2 aromatic rings. The summed E-state index contributed by atoms with van der Waals surface area (Å²) in [6.45, 7) is 0.544. The Kier molecular flexibility index (Phi) is 6.53. The van der Waals surface area contributed by atoms with Gasteiger partial charge in [0.25, 0.3) is 11.8 Å². The zero-order valence-electron chi connectivity index (χ0n) is 15.4. The first-order valence-corrected chi connectivity index (χ1v) is 9.35. The van der Waals surface area contributed by atoms with Crippen molar-refractivity contribution < 1.29 is 18.4 Å². The third-order valence-electron chi connectivity index (χ3n) is 4.68. The van der Waals surface area contributed by atoms with Gasteiger partial charge >= 0.3 is 0 Å². The first kappa shape index (κ1) is 19.7. The predicted molar refractivity (Wildman–Crippen MR) is 104 cm³/mol. The van der Waals surface area contributed by atoms with Crippen molar-refractivity contribution in [3.05, 3.63) is 76.9 Å². The van der Waals surface area contributed by atoms with E-state index in [0.717, 1.165) is 31.4 Å². The summed E-state index contributed by atoms with van der Waals surface area (Å²) in [7, 11) is 0. The molecule has 2 aromatic carbocycles. The highest BCUT2D eigenvalue weighted by Gasteiger charge is 2.13. The number of hydrogen-bond acceptors (Lipinski definition) is 2. The monoisotopic (exact) mass is 384 g/mol. The SMILES string of the molecule is O=C(NCCC1=CCCCC1)c1cccc(C(=O)Nc2ccc(F)cc2F)c1. The van der Waals surface area contributed by atoms with Crippen LogP contribution in [-0.4, -0.2) is 18.4 Å². The minimum absolute atomic E-state index is 0.123. The van der Waals surface area contributed by atoms with Gasteiger partial charge in [-0.1, -0.05) is 17.7 Å². The molecule has 0 fully saturated rings. The summed E-state index contributed by atoms with van der Waals surface area (Å²) in [5.41, 5.74) is 1.82. The lowest BCUT2D eigenvalue weighted by Gasteiger charge is -2.13. The summed E-state index contributed by atoms with van der Waals surface area (Å²) in [6.07, 6.45) is 7.70. The summed E-state index contributed by atoms with van der Waals surface area (Å²) >= 11 is 0. The standard InChI is InChI=1S/C22H22F2N2O2/c23-18-9-10-20(19(24)14-18)26-22(28)17-8-4-7-16(13-17)21(27)25-12-11-15-5-2-1-3-6-15/h4-5,7-10,13-14H,1-3,6,11-12H2,(H,25,27)(H,26,28). The van der Waals surface area contributed by atoms with E-state index in [1.807, 2.05) is 0 Å². The molecule has 0 atom stereocenters. The van der Waals surface area contributed by atoms with Crippen LogP contribution in [0.5, 0.6) is 0 Å². The number of carbonyl (C=O) groups excluding carboxylic acids is 2. The van der Waals surface area contributed by atoms with Gasteiger partial charge < -0.3 is 10.6 Å². The Morgan fingerprint density at radius 2 is 1.75 bits per heavy atom. The largest absolute Gasteiger partial charge is 0.352 e. The third kappa shape index (κ3) is 5.25. The second-order valence-electron chi connectivity index (χ2n) is 6.77. The molecule has 3 rings (SSSR count). The minimum Gasteiger partial charge on any atom is -0.352 e. The molecule has 2 amide bonds. The van der Waals surface area contributed by atoms with Crippen LogP contribution >= 0.6 is 0 Å². The summed E-state index contributed by atoms with van der Waals surface area (Å²) in [5.74, 6) is -2.43. The molecular formula is C22H22F2N2O2. The fourth-order valence-corrected chi connectivity index (χ4v) is 3.16. The fourth-order valence-electron chi connectivity index (χ4n) is 3.16. The van der Waals surface area contributed by atoms with Gasteiger partial charge in [-0.05, 0) is 62.4 Å². The van der Waals surface area contributed by atoms with Crippen molar-refractivity contribution in [2.45, 2.75) is 32.1 Å². The third-order valence-corrected chi connectivity index (χ3v) is 4.68. The number of anilines is 1. The van der Waals surface area contributed by atoms with Crippen molar-refractivity contribution in [2.24, 2.45) is 0 Å². The zero-order chi connectivity index (χ0) is 19.9. The first-order valence-electron chi connectivity index (χ1n) is 9.35. The Morgan fingerprint density at radius 3 is 2.46 bits per heavy atom. The number of benzene rings is 2.